The molecule has 1 aromatic heterocycles. The van der Waals surface area contributed by atoms with Gasteiger partial charge in [0.05, 0.1) is 15.5 Å². The minimum Gasteiger partial charge on any atom is -0.329 e. The molecule has 0 radical (unpaired) electrons. The Morgan fingerprint density at radius 2 is 1.80 bits per heavy atom. The molecule has 1 aromatic rings. The summed E-state index contributed by atoms with van der Waals surface area (Å²) < 4.78 is 26.6. The fourth-order valence-electron chi connectivity index (χ4n) is 1.80. The zero-order valence-corrected chi connectivity index (χ0v) is 9.12. The molecule has 1 saturated carbocycles. The highest BCUT2D eigenvalue weighted by atomic mass is 35.5. The minimum atomic E-state index is -2.82. The molecule has 1 fully saturated rings. The van der Waals surface area contributed by atoms with E-state index in [0.29, 0.717) is 0 Å². The molecule has 1 aliphatic carbocycles. The maximum atomic E-state index is 13.3. The summed E-state index contributed by atoms with van der Waals surface area (Å²) in [5.74, 6) is -2.82. The molecule has 6 heteroatoms. The highest BCUT2D eigenvalue weighted by molar-refractivity contribution is 6.36. The summed E-state index contributed by atoms with van der Waals surface area (Å²) in [6.07, 6.45) is 2.29. The van der Waals surface area contributed by atoms with Crippen LogP contribution >= 0.6 is 23.2 Å². The monoisotopic (exact) mass is 252 g/mol. The molecule has 0 aliphatic heterocycles. The molecule has 2 rings (SSSR count). The van der Waals surface area contributed by atoms with E-state index < -0.39 is 11.3 Å². The molecule has 0 amide bonds. The summed E-state index contributed by atoms with van der Waals surface area (Å²) in [7, 11) is 0. The molecule has 0 saturated heterocycles. The SMILES string of the molecule is NCC1(c2c(Cl)cncc2Cl)CC1(F)F. The van der Waals surface area contributed by atoms with E-state index in [-0.39, 0.29) is 28.6 Å². The van der Waals surface area contributed by atoms with Gasteiger partial charge < -0.3 is 5.73 Å². The van der Waals surface area contributed by atoms with Gasteiger partial charge in [-0.15, -0.1) is 0 Å². The van der Waals surface area contributed by atoms with Gasteiger partial charge in [0.15, 0.2) is 0 Å². The lowest BCUT2D eigenvalue weighted by Gasteiger charge is -2.17. The minimum absolute atomic E-state index is 0.144. The lowest BCUT2D eigenvalue weighted by atomic mass is 9.96. The Labute approximate surface area is 95.4 Å². The van der Waals surface area contributed by atoms with Gasteiger partial charge in [0.2, 0.25) is 0 Å². The first-order valence-electron chi connectivity index (χ1n) is 4.32. The zero-order chi connectivity index (χ0) is 11.3. The van der Waals surface area contributed by atoms with E-state index in [1.54, 1.807) is 0 Å². The van der Waals surface area contributed by atoms with Gasteiger partial charge in [0.1, 0.15) is 0 Å². The van der Waals surface area contributed by atoms with E-state index in [0.717, 1.165) is 0 Å². The Morgan fingerprint density at radius 1 is 1.33 bits per heavy atom. The summed E-state index contributed by atoms with van der Waals surface area (Å²) in [5.41, 5.74) is 4.21. The van der Waals surface area contributed by atoms with Crippen molar-refractivity contribution < 1.29 is 8.78 Å². The van der Waals surface area contributed by atoms with Crippen LogP contribution in [0.1, 0.15) is 12.0 Å². The average molecular weight is 253 g/mol. The van der Waals surface area contributed by atoms with E-state index in [1.165, 1.54) is 12.4 Å². The van der Waals surface area contributed by atoms with Crippen LogP contribution in [0.3, 0.4) is 0 Å². The largest absolute Gasteiger partial charge is 0.329 e. The van der Waals surface area contributed by atoms with Crippen molar-refractivity contribution in [3.05, 3.63) is 28.0 Å². The number of hydrogen-bond acceptors (Lipinski definition) is 2. The second kappa shape index (κ2) is 3.27. The number of aromatic nitrogens is 1. The standard InChI is InChI=1S/C9H8Cl2F2N2/c10-5-1-15-2-6(11)7(5)8(4-14)3-9(8,12)13/h1-2H,3-4,14H2. The Balaban J connectivity index is 2.55. The molecule has 1 heterocycles. The summed E-state index contributed by atoms with van der Waals surface area (Å²) in [5, 5.41) is 0.287. The van der Waals surface area contributed by atoms with Crippen LogP contribution in [0.5, 0.6) is 0 Å². The van der Waals surface area contributed by atoms with Crippen molar-refractivity contribution in [1.29, 1.82) is 0 Å². The molecule has 1 atom stereocenters. The lowest BCUT2D eigenvalue weighted by Crippen LogP contribution is -2.27. The maximum absolute atomic E-state index is 13.3. The van der Waals surface area contributed by atoms with Crippen LogP contribution in [-0.2, 0) is 5.41 Å². The predicted molar refractivity (Wildman–Crippen MR) is 54.6 cm³/mol. The highest BCUT2D eigenvalue weighted by Crippen LogP contribution is 2.63. The molecule has 1 aliphatic rings. The fourth-order valence-corrected chi connectivity index (χ4v) is 2.52. The van der Waals surface area contributed by atoms with Crippen molar-refractivity contribution in [2.75, 3.05) is 6.54 Å². The smallest absolute Gasteiger partial charge is 0.260 e. The van der Waals surface area contributed by atoms with Gasteiger partial charge in [0, 0.05) is 30.9 Å². The quantitative estimate of drug-likeness (QED) is 0.879. The first-order valence-corrected chi connectivity index (χ1v) is 5.07. The average Bonchev–Trinajstić information content (AvgIpc) is 2.69. The third-order valence-electron chi connectivity index (χ3n) is 2.78. The third-order valence-corrected chi connectivity index (χ3v) is 3.35. The molecule has 1 unspecified atom stereocenters. The van der Waals surface area contributed by atoms with E-state index >= 15 is 0 Å². The van der Waals surface area contributed by atoms with Gasteiger partial charge >= 0.3 is 0 Å². The van der Waals surface area contributed by atoms with Crippen molar-refractivity contribution in [2.24, 2.45) is 5.73 Å². The number of pyridine rings is 1. The lowest BCUT2D eigenvalue weighted by molar-refractivity contribution is 0.0896. The predicted octanol–water partition coefficient (Wildman–Crippen LogP) is 2.62. The Kier molecular flexibility index (Phi) is 2.41. The molecule has 2 N–H and O–H groups in total. The van der Waals surface area contributed by atoms with Gasteiger partial charge in [-0.25, -0.2) is 8.78 Å². The van der Waals surface area contributed by atoms with Crippen LogP contribution in [-0.4, -0.2) is 17.5 Å². The second-order valence-electron chi connectivity index (χ2n) is 3.65. The van der Waals surface area contributed by atoms with Crippen molar-refractivity contribution >= 4 is 23.2 Å². The third kappa shape index (κ3) is 1.43. The molecule has 0 aromatic carbocycles. The molecule has 2 nitrogen and oxygen atoms in total. The van der Waals surface area contributed by atoms with Crippen LogP contribution in [0.15, 0.2) is 12.4 Å². The Hall–Kier alpha value is -0.450. The fraction of sp³-hybridized carbons (Fsp3) is 0.444. The molecule has 0 bridgehead atoms. The number of halogens is 4. The zero-order valence-electron chi connectivity index (χ0n) is 7.61. The topological polar surface area (TPSA) is 38.9 Å². The van der Waals surface area contributed by atoms with Gasteiger partial charge in [-0.2, -0.15) is 0 Å². The van der Waals surface area contributed by atoms with Crippen molar-refractivity contribution in [1.82, 2.24) is 4.98 Å². The maximum Gasteiger partial charge on any atom is 0.260 e. The van der Waals surface area contributed by atoms with Gasteiger partial charge in [-0.3, -0.25) is 4.98 Å². The number of alkyl halides is 2. The number of rotatable bonds is 2. The van der Waals surface area contributed by atoms with Crippen LogP contribution in [0.2, 0.25) is 10.0 Å². The van der Waals surface area contributed by atoms with Crippen LogP contribution in [0, 0.1) is 0 Å². The van der Waals surface area contributed by atoms with Crippen molar-refractivity contribution in [2.45, 2.75) is 17.8 Å². The second-order valence-corrected chi connectivity index (χ2v) is 4.46. The first kappa shape index (κ1) is 11.0. The Bertz CT molecular complexity index is 391. The van der Waals surface area contributed by atoms with Gasteiger partial charge in [0.25, 0.3) is 5.92 Å². The molecule has 15 heavy (non-hydrogen) atoms. The van der Waals surface area contributed by atoms with Gasteiger partial charge in [-0.1, -0.05) is 23.2 Å². The van der Waals surface area contributed by atoms with Crippen LogP contribution in [0.4, 0.5) is 8.78 Å². The van der Waals surface area contributed by atoms with E-state index in [1.807, 2.05) is 0 Å². The summed E-state index contributed by atoms with van der Waals surface area (Å²) in [4.78, 5) is 3.72. The van der Waals surface area contributed by atoms with E-state index in [4.69, 9.17) is 28.9 Å². The summed E-state index contributed by atoms with van der Waals surface area (Å²) in [6.45, 7) is -0.177. The summed E-state index contributed by atoms with van der Waals surface area (Å²) in [6, 6.07) is 0. The normalized spacial score (nSPS) is 27.8. The Morgan fingerprint density at radius 3 is 2.13 bits per heavy atom. The first-order chi connectivity index (χ1) is 6.94. The molecule has 82 valence electrons. The number of nitrogens with two attached hydrogens (primary N) is 1. The van der Waals surface area contributed by atoms with E-state index in [2.05, 4.69) is 4.98 Å². The number of hydrogen-bond donors (Lipinski definition) is 1. The van der Waals surface area contributed by atoms with Crippen LogP contribution < -0.4 is 5.73 Å². The summed E-state index contributed by atoms with van der Waals surface area (Å²) >= 11 is 11.6. The van der Waals surface area contributed by atoms with Crippen molar-refractivity contribution in [3.8, 4) is 0 Å². The van der Waals surface area contributed by atoms with Crippen LogP contribution in [0.25, 0.3) is 0 Å². The van der Waals surface area contributed by atoms with Crippen molar-refractivity contribution in [3.63, 3.8) is 0 Å². The van der Waals surface area contributed by atoms with Gasteiger partial charge in [-0.05, 0) is 0 Å². The molecule has 0 spiro atoms. The van der Waals surface area contributed by atoms with E-state index in [9.17, 15) is 8.78 Å². The molecular formula is C9H8Cl2F2N2. The number of nitrogens with zero attached hydrogens (tertiary/aromatic N) is 1. The highest BCUT2D eigenvalue weighted by Gasteiger charge is 2.72. The molecular weight excluding hydrogens is 245 g/mol.